The first-order valence-corrected chi connectivity index (χ1v) is 4.61. The first kappa shape index (κ1) is 9.52. The number of nitrogens with one attached hydrogen (secondary N) is 1. The van der Waals surface area contributed by atoms with Crippen LogP contribution in [0.1, 0.15) is 11.7 Å². The average molecular weight is 192 g/mol. The fourth-order valence-electron chi connectivity index (χ4n) is 1.72. The zero-order valence-corrected chi connectivity index (χ0v) is 8.03. The van der Waals surface area contributed by atoms with Gasteiger partial charge in [-0.2, -0.15) is 0 Å². The van der Waals surface area contributed by atoms with E-state index in [1.54, 1.807) is 0 Å². The van der Waals surface area contributed by atoms with Gasteiger partial charge in [-0.3, -0.25) is 0 Å². The van der Waals surface area contributed by atoms with Gasteiger partial charge in [-0.1, -0.05) is 6.07 Å². The number of nitrogens with two attached hydrogens (primary N) is 1. The van der Waals surface area contributed by atoms with Gasteiger partial charge in [-0.15, -0.1) is 0 Å². The molecule has 1 aliphatic rings. The average Bonchev–Trinajstić information content (AvgIpc) is 2.55. The minimum atomic E-state index is -0.841. The first-order valence-electron chi connectivity index (χ1n) is 4.61. The van der Waals surface area contributed by atoms with Crippen molar-refractivity contribution in [2.45, 2.75) is 6.10 Å². The molecule has 1 atom stereocenters. The zero-order valence-electron chi connectivity index (χ0n) is 8.03. The molecule has 1 aromatic carbocycles. The van der Waals surface area contributed by atoms with Crippen molar-refractivity contribution in [3.05, 3.63) is 23.8 Å². The maximum atomic E-state index is 9.60. The van der Waals surface area contributed by atoms with Gasteiger partial charge in [0.2, 0.25) is 0 Å². The van der Waals surface area contributed by atoms with E-state index in [2.05, 4.69) is 5.32 Å². The third kappa shape index (κ3) is 1.39. The van der Waals surface area contributed by atoms with Gasteiger partial charge in [0.05, 0.1) is 6.10 Å². The quantitative estimate of drug-likeness (QED) is 0.549. The molecule has 5 heteroatoms. The van der Waals surface area contributed by atoms with Gasteiger partial charge in [0.15, 0.2) is 0 Å². The highest BCUT2D eigenvalue weighted by atomic mass is 16.5. The molecule has 0 spiro atoms. The van der Waals surface area contributed by atoms with Crippen LogP contribution < -0.4 is 16.5 Å². The van der Waals surface area contributed by atoms with Crippen molar-refractivity contribution >= 4 is 18.3 Å². The summed E-state index contributed by atoms with van der Waals surface area (Å²) in [6, 6.07) is 5.77. The topological polar surface area (TPSA) is 67.5 Å². The fraction of sp³-hybridized carbons (Fsp3) is 0.333. The Morgan fingerprint density at radius 2 is 2.43 bits per heavy atom. The van der Waals surface area contributed by atoms with Crippen molar-refractivity contribution in [1.29, 1.82) is 0 Å². The molecule has 2 rings (SSSR count). The summed E-state index contributed by atoms with van der Waals surface area (Å²) < 4.78 is 5.28. The van der Waals surface area contributed by atoms with E-state index >= 15 is 0 Å². The molecule has 0 amide bonds. The molecule has 0 bridgehead atoms. The Bertz CT molecular complexity index is 346. The maximum Gasteiger partial charge on any atom is 0.492 e. The van der Waals surface area contributed by atoms with E-state index in [1.807, 2.05) is 25.2 Å². The second-order valence-corrected chi connectivity index (χ2v) is 3.31. The Labute approximate surface area is 83.2 Å². The van der Waals surface area contributed by atoms with Crippen LogP contribution >= 0.6 is 0 Å². The highest BCUT2D eigenvalue weighted by molar-refractivity contribution is 6.61. The molecule has 0 saturated carbocycles. The molecule has 1 heterocycles. The van der Waals surface area contributed by atoms with E-state index in [9.17, 15) is 5.02 Å². The van der Waals surface area contributed by atoms with Gasteiger partial charge in [-0.05, 0) is 23.2 Å². The van der Waals surface area contributed by atoms with Crippen LogP contribution in [0.15, 0.2) is 18.2 Å². The third-order valence-electron chi connectivity index (χ3n) is 2.50. The lowest BCUT2D eigenvalue weighted by molar-refractivity contribution is 0.198. The standard InChI is InChI=1S/C9H13BN2O2/c1-12-6-2-3-7-8(4-6)10(13)14-9(7)5-11/h2-4,9,12-13H,5,11H2,1H3. The smallest absolute Gasteiger partial charge is 0.423 e. The van der Waals surface area contributed by atoms with Gasteiger partial charge in [0, 0.05) is 19.3 Å². The van der Waals surface area contributed by atoms with E-state index in [0.717, 1.165) is 16.7 Å². The summed E-state index contributed by atoms with van der Waals surface area (Å²) in [4.78, 5) is 0. The summed E-state index contributed by atoms with van der Waals surface area (Å²) in [5.41, 5.74) is 8.29. The highest BCUT2D eigenvalue weighted by Crippen LogP contribution is 2.23. The van der Waals surface area contributed by atoms with E-state index in [4.69, 9.17) is 10.4 Å². The second-order valence-electron chi connectivity index (χ2n) is 3.31. The summed E-state index contributed by atoms with van der Waals surface area (Å²) in [6.45, 7) is 0.392. The molecule has 4 N–H and O–H groups in total. The predicted octanol–water partition coefficient (Wildman–Crippen LogP) is -0.554. The van der Waals surface area contributed by atoms with Crippen LogP contribution in [0.4, 0.5) is 5.69 Å². The number of anilines is 1. The van der Waals surface area contributed by atoms with Gasteiger partial charge in [0.1, 0.15) is 0 Å². The monoisotopic (exact) mass is 192 g/mol. The fourth-order valence-corrected chi connectivity index (χ4v) is 1.72. The minimum Gasteiger partial charge on any atom is -0.423 e. The lowest BCUT2D eigenvalue weighted by atomic mass is 9.79. The Morgan fingerprint density at radius 3 is 3.07 bits per heavy atom. The van der Waals surface area contributed by atoms with Crippen molar-refractivity contribution < 1.29 is 9.68 Å². The van der Waals surface area contributed by atoms with Gasteiger partial charge < -0.3 is 20.7 Å². The highest BCUT2D eigenvalue weighted by Gasteiger charge is 2.34. The van der Waals surface area contributed by atoms with Crippen molar-refractivity contribution in [3.63, 3.8) is 0 Å². The summed E-state index contributed by atoms with van der Waals surface area (Å²) >= 11 is 0. The Morgan fingerprint density at radius 1 is 1.64 bits per heavy atom. The molecular weight excluding hydrogens is 179 g/mol. The molecule has 74 valence electrons. The molecule has 14 heavy (non-hydrogen) atoms. The van der Waals surface area contributed by atoms with Crippen LogP contribution in [0, 0.1) is 0 Å². The van der Waals surface area contributed by atoms with Crippen LogP contribution in [0.2, 0.25) is 0 Å². The summed E-state index contributed by atoms with van der Waals surface area (Å²) in [5.74, 6) is 0. The largest absolute Gasteiger partial charge is 0.492 e. The van der Waals surface area contributed by atoms with E-state index in [-0.39, 0.29) is 6.10 Å². The maximum absolute atomic E-state index is 9.60. The van der Waals surface area contributed by atoms with Gasteiger partial charge in [-0.25, -0.2) is 0 Å². The minimum absolute atomic E-state index is 0.175. The Kier molecular flexibility index (Phi) is 2.45. The number of rotatable bonds is 2. The van der Waals surface area contributed by atoms with Crippen LogP contribution in [-0.4, -0.2) is 25.7 Å². The van der Waals surface area contributed by atoms with Crippen LogP contribution in [0.25, 0.3) is 0 Å². The SMILES string of the molecule is CNc1ccc2c(c1)B(O)OC2CN. The lowest BCUT2D eigenvalue weighted by Gasteiger charge is -2.08. The number of fused-ring (bicyclic) bond motifs is 1. The van der Waals surface area contributed by atoms with Crippen molar-refractivity contribution in [2.24, 2.45) is 5.73 Å². The van der Waals surface area contributed by atoms with Crippen molar-refractivity contribution in [3.8, 4) is 0 Å². The van der Waals surface area contributed by atoms with Gasteiger partial charge >= 0.3 is 7.12 Å². The van der Waals surface area contributed by atoms with Crippen LogP contribution in [0.5, 0.6) is 0 Å². The van der Waals surface area contributed by atoms with E-state index in [0.29, 0.717) is 6.54 Å². The Hall–Kier alpha value is -1.04. The van der Waals surface area contributed by atoms with E-state index < -0.39 is 7.12 Å². The molecule has 0 saturated heterocycles. The lowest BCUT2D eigenvalue weighted by Crippen LogP contribution is -2.28. The molecule has 1 aliphatic heterocycles. The zero-order chi connectivity index (χ0) is 10.1. The molecule has 0 fully saturated rings. The van der Waals surface area contributed by atoms with Crippen molar-refractivity contribution in [1.82, 2.24) is 0 Å². The van der Waals surface area contributed by atoms with Crippen molar-refractivity contribution in [2.75, 3.05) is 18.9 Å². The second kappa shape index (κ2) is 3.61. The predicted molar refractivity (Wildman–Crippen MR) is 56.5 cm³/mol. The molecule has 0 aromatic heterocycles. The van der Waals surface area contributed by atoms with Gasteiger partial charge in [0.25, 0.3) is 0 Å². The first-order chi connectivity index (χ1) is 6.76. The van der Waals surface area contributed by atoms with E-state index in [1.165, 1.54) is 0 Å². The molecule has 4 nitrogen and oxygen atoms in total. The molecule has 0 aliphatic carbocycles. The van der Waals surface area contributed by atoms with Crippen LogP contribution in [0.3, 0.4) is 0 Å². The number of benzene rings is 1. The third-order valence-corrected chi connectivity index (χ3v) is 2.50. The number of hydrogen-bond donors (Lipinski definition) is 3. The molecule has 0 radical (unpaired) electrons. The Balaban J connectivity index is 2.41. The molecular formula is C9H13BN2O2. The molecule has 1 aromatic rings. The summed E-state index contributed by atoms with van der Waals surface area (Å²) in [6.07, 6.45) is -0.175. The summed E-state index contributed by atoms with van der Waals surface area (Å²) in [5, 5.41) is 12.6. The molecule has 1 unspecified atom stereocenters. The summed E-state index contributed by atoms with van der Waals surface area (Å²) in [7, 11) is 0.997. The van der Waals surface area contributed by atoms with Crippen LogP contribution in [-0.2, 0) is 4.65 Å². The number of hydrogen-bond acceptors (Lipinski definition) is 4. The normalized spacial score (nSPS) is 19.6.